The van der Waals surface area contributed by atoms with Crippen molar-refractivity contribution in [2.75, 3.05) is 0 Å². The average molecular weight is 342 g/mol. The number of carboxylic acid groups (broad SMARTS) is 1. The molecule has 0 radical (unpaired) electrons. The molecule has 0 aliphatic carbocycles. The molecule has 0 fully saturated rings. The van der Waals surface area contributed by atoms with Gasteiger partial charge in [0.05, 0.1) is 5.57 Å². The van der Waals surface area contributed by atoms with Crippen LogP contribution in [0.4, 0.5) is 13.2 Å². The van der Waals surface area contributed by atoms with E-state index >= 15 is 0 Å². The number of hydrogen-bond donors (Lipinski definition) is 1. The van der Waals surface area contributed by atoms with Crippen LogP contribution in [0.5, 0.6) is 5.75 Å². The molecule has 4 nitrogen and oxygen atoms in total. The number of ether oxygens (including phenoxy) is 1. The van der Waals surface area contributed by atoms with E-state index in [2.05, 4.69) is 0 Å². The van der Waals surface area contributed by atoms with Gasteiger partial charge < -0.3 is 9.84 Å². The predicted octanol–water partition coefficient (Wildman–Crippen LogP) is 3.85. The second kappa shape index (κ2) is 5.65. The van der Waals surface area contributed by atoms with E-state index in [1.54, 1.807) is 20.8 Å². The van der Waals surface area contributed by atoms with Gasteiger partial charge in [0.2, 0.25) is 0 Å². The molecule has 1 unspecified atom stereocenters. The smallest absolute Gasteiger partial charge is 0.440 e. The molecule has 0 aromatic heterocycles. The number of rotatable bonds is 3. The second-order valence-electron chi connectivity index (χ2n) is 6.84. The summed E-state index contributed by atoms with van der Waals surface area (Å²) in [6, 6.07) is 5.69. The lowest BCUT2D eigenvalue weighted by molar-refractivity contribution is -0.230. The minimum Gasteiger partial charge on any atom is -0.478 e. The molecule has 0 saturated heterocycles. The van der Waals surface area contributed by atoms with E-state index < -0.39 is 40.9 Å². The number of alkyl halides is 3. The number of aliphatic carboxylic acids is 1. The third-order valence-corrected chi connectivity index (χ3v) is 3.57. The summed E-state index contributed by atoms with van der Waals surface area (Å²) in [5.74, 6) is -3.35. The first-order chi connectivity index (χ1) is 10.9. The molecule has 0 spiro atoms. The predicted molar refractivity (Wildman–Crippen MR) is 80.5 cm³/mol. The summed E-state index contributed by atoms with van der Waals surface area (Å²) >= 11 is 0. The first kappa shape index (κ1) is 18.0. The van der Waals surface area contributed by atoms with Crippen LogP contribution in [0.1, 0.15) is 32.8 Å². The van der Waals surface area contributed by atoms with Crippen LogP contribution in [0, 0.1) is 5.41 Å². The zero-order valence-corrected chi connectivity index (χ0v) is 13.4. The number of hydrogen-bond acceptors (Lipinski definition) is 3. The van der Waals surface area contributed by atoms with Gasteiger partial charge in [-0.1, -0.05) is 39.0 Å². The Morgan fingerprint density at radius 2 is 1.75 bits per heavy atom. The molecule has 130 valence electrons. The largest absolute Gasteiger partial charge is 0.478 e. The number of Topliss-reactive ketones (excluding diaryl/α,β-unsaturated/α-hetero) is 1. The maximum atomic E-state index is 13.9. The van der Waals surface area contributed by atoms with Gasteiger partial charge in [0, 0.05) is 12.0 Å². The molecule has 0 saturated carbocycles. The number of carbonyl (C=O) groups is 2. The Balaban J connectivity index is 2.71. The van der Waals surface area contributed by atoms with Crippen molar-refractivity contribution in [3.8, 4) is 5.75 Å². The topological polar surface area (TPSA) is 63.6 Å². The second-order valence-corrected chi connectivity index (χ2v) is 6.84. The van der Waals surface area contributed by atoms with E-state index in [1.807, 2.05) is 0 Å². The van der Waals surface area contributed by atoms with Crippen LogP contribution in [0.3, 0.4) is 0 Å². The Labute approximate surface area is 136 Å². The van der Waals surface area contributed by atoms with Gasteiger partial charge in [0.25, 0.3) is 5.60 Å². The fourth-order valence-corrected chi connectivity index (χ4v) is 2.56. The van der Waals surface area contributed by atoms with Crippen LogP contribution in [0.15, 0.2) is 29.8 Å². The third kappa shape index (κ3) is 3.02. The number of ketones is 1. The van der Waals surface area contributed by atoms with Gasteiger partial charge in [-0.25, -0.2) is 4.79 Å². The highest BCUT2D eigenvalue weighted by atomic mass is 19.4. The van der Waals surface area contributed by atoms with Crippen molar-refractivity contribution in [1.82, 2.24) is 0 Å². The molecule has 1 aromatic rings. The van der Waals surface area contributed by atoms with E-state index in [9.17, 15) is 27.9 Å². The van der Waals surface area contributed by atoms with Crippen LogP contribution < -0.4 is 4.74 Å². The van der Waals surface area contributed by atoms with E-state index in [1.165, 1.54) is 24.3 Å². The van der Waals surface area contributed by atoms with Crippen LogP contribution >= 0.6 is 0 Å². The van der Waals surface area contributed by atoms with Crippen molar-refractivity contribution in [2.24, 2.45) is 5.41 Å². The maximum absolute atomic E-state index is 13.9. The lowest BCUT2D eigenvalue weighted by Gasteiger charge is -2.39. The standard InChI is InChI=1S/C17H17F3O4/c1-15(2,3)9-13(21)16(17(18,19)20)11(14(22)23)8-10-6-4-5-7-12(10)24-16/h4-8H,9H2,1-3H3,(H,22,23). The molecule has 7 heteroatoms. The Bertz CT molecular complexity index is 713. The summed E-state index contributed by atoms with van der Waals surface area (Å²) in [5.41, 5.74) is -5.22. The van der Waals surface area contributed by atoms with Gasteiger partial charge >= 0.3 is 12.1 Å². The van der Waals surface area contributed by atoms with Crippen molar-refractivity contribution >= 4 is 17.8 Å². The van der Waals surface area contributed by atoms with Crippen LogP contribution in [-0.2, 0) is 9.59 Å². The first-order valence-electron chi connectivity index (χ1n) is 7.22. The zero-order chi connectivity index (χ0) is 18.3. The minimum absolute atomic E-state index is 0.179. The summed E-state index contributed by atoms with van der Waals surface area (Å²) in [6.07, 6.45) is -4.85. The number of halogens is 3. The Hall–Kier alpha value is -2.31. The first-order valence-corrected chi connectivity index (χ1v) is 7.22. The van der Waals surface area contributed by atoms with Gasteiger partial charge in [0.1, 0.15) is 5.75 Å². The number of carboxylic acids is 1. The monoisotopic (exact) mass is 342 g/mol. The van der Waals surface area contributed by atoms with Crippen LogP contribution in [0.2, 0.25) is 0 Å². The molecule has 2 rings (SSSR count). The lowest BCUT2D eigenvalue weighted by Crippen LogP contribution is -2.61. The molecular formula is C17H17F3O4. The molecule has 24 heavy (non-hydrogen) atoms. The van der Waals surface area contributed by atoms with Gasteiger partial charge in [0.15, 0.2) is 5.78 Å². The quantitative estimate of drug-likeness (QED) is 0.906. The summed E-state index contributed by atoms with van der Waals surface area (Å²) in [6.45, 7) is 4.78. The molecule has 1 heterocycles. The highest BCUT2D eigenvalue weighted by Crippen LogP contribution is 2.47. The van der Waals surface area contributed by atoms with Crippen molar-refractivity contribution in [1.29, 1.82) is 0 Å². The highest BCUT2D eigenvalue weighted by Gasteiger charge is 2.68. The minimum atomic E-state index is -5.22. The lowest BCUT2D eigenvalue weighted by atomic mass is 9.78. The van der Waals surface area contributed by atoms with E-state index in [-0.39, 0.29) is 11.3 Å². The Kier molecular flexibility index (Phi) is 4.24. The van der Waals surface area contributed by atoms with Gasteiger partial charge in [-0.3, -0.25) is 4.79 Å². The summed E-state index contributed by atoms with van der Waals surface area (Å²) in [7, 11) is 0. The van der Waals surface area contributed by atoms with Crippen molar-refractivity contribution in [3.63, 3.8) is 0 Å². The Morgan fingerprint density at radius 3 is 2.25 bits per heavy atom. The van der Waals surface area contributed by atoms with Crippen molar-refractivity contribution < 1.29 is 32.6 Å². The normalized spacial score (nSPS) is 20.7. The molecular weight excluding hydrogens is 325 g/mol. The number of para-hydroxylation sites is 1. The molecule has 1 N–H and O–H groups in total. The van der Waals surface area contributed by atoms with Crippen LogP contribution in [-0.4, -0.2) is 28.6 Å². The summed E-state index contributed by atoms with van der Waals surface area (Å²) in [5, 5.41) is 9.31. The summed E-state index contributed by atoms with van der Waals surface area (Å²) in [4.78, 5) is 24.1. The molecule has 0 amide bonds. The van der Waals surface area contributed by atoms with Crippen molar-refractivity contribution in [2.45, 2.75) is 39.0 Å². The van der Waals surface area contributed by atoms with Crippen molar-refractivity contribution in [3.05, 3.63) is 35.4 Å². The van der Waals surface area contributed by atoms with E-state index in [4.69, 9.17) is 4.74 Å². The van der Waals surface area contributed by atoms with Gasteiger partial charge in [-0.05, 0) is 17.6 Å². The van der Waals surface area contributed by atoms with E-state index in [0.717, 1.165) is 6.08 Å². The van der Waals surface area contributed by atoms with Crippen LogP contribution in [0.25, 0.3) is 6.08 Å². The molecule has 1 aliphatic rings. The maximum Gasteiger partial charge on any atom is 0.440 e. The number of fused-ring (bicyclic) bond motifs is 1. The number of carbonyl (C=O) groups excluding carboxylic acids is 1. The molecule has 1 atom stereocenters. The zero-order valence-electron chi connectivity index (χ0n) is 13.4. The average Bonchev–Trinajstić information content (AvgIpc) is 2.42. The van der Waals surface area contributed by atoms with Gasteiger partial charge in [-0.2, -0.15) is 13.2 Å². The molecule has 0 bridgehead atoms. The number of benzene rings is 1. The summed E-state index contributed by atoms with van der Waals surface area (Å²) < 4.78 is 46.7. The fraction of sp³-hybridized carbons (Fsp3) is 0.412. The SMILES string of the molecule is CC(C)(C)CC(=O)C1(C(F)(F)F)Oc2ccccc2C=C1C(=O)O. The fourth-order valence-electron chi connectivity index (χ4n) is 2.56. The highest BCUT2D eigenvalue weighted by molar-refractivity contribution is 6.07. The third-order valence-electron chi connectivity index (χ3n) is 3.57. The van der Waals surface area contributed by atoms with E-state index in [0.29, 0.717) is 0 Å². The molecule has 1 aromatic carbocycles. The van der Waals surface area contributed by atoms with Gasteiger partial charge in [-0.15, -0.1) is 0 Å². The molecule has 1 aliphatic heterocycles. The Morgan fingerprint density at radius 1 is 1.17 bits per heavy atom.